The Bertz CT molecular complexity index is 935. The van der Waals surface area contributed by atoms with E-state index in [9.17, 15) is 9.59 Å². The van der Waals surface area contributed by atoms with E-state index in [2.05, 4.69) is 29.0 Å². The molecule has 2 aromatic rings. The van der Waals surface area contributed by atoms with Crippen LogP contribution in [0.2, 0.25) is 0 Å². The maximum Gasteiger partial charge on any atom is 0.254 e. The number of nitrogens with one attached hydrogen (secondary N) is 2. The molecule has 0 spiro atoms. The summed E-state index contributed by atoms with van der Waals surface area (Å²) in [5.74, 6) is 0.904. The predicted molar refractivity (Wildman–Crippen MR) is 130 cm³/mol. The minimum Gasteiger partial charge on any atom is -0.493 e. The van der Waals surface area contributed by atoms with Gasteiger partial charge in [0.1, 0.15) is 11.6 Å². The highest BCUT2D eigenvalue weighted by Crippen LogP contribution is 2.29. The molecule has 0 aliphatic carbocycles. The molecule has 1 aromatic carbocycles. The molecule has 1 amide bonds. The number of H-pyrrole nitrogens is 1. The average Bonchev–Trinajstić information content (AvgIpc) is 2.81. The molecular weight excluding hydrogens is 404 g/mol. The summed E-state index contributed by atoms with van der Waals surface area (Å²) in [6, 6.07) is 5.30. The molecule has 32 heavy (non-hydrogen) atoms. The van der Waals surface area contributed by atoms with Crippen molar-refractivity contribution in [2.24, 2.45) is 0 Å². The normalized spacial score (nSPS) is 11.1. The molecular formula is C25H38N4O3. The van der Waals surface area contributed by atoms with Crippen LogP contribution in [-0.4, -0.2) is 53.6 Å². The van der Waals surface area contributed by atoms with Crippen LogP contribution in [0.1, 0.15) is 69.1 Å². The van der Waals surface area contributed by atoms with Crippen LogP contribution in [0, 0.1) is 0 Å². The number of ether oxygens (including phenoxy) is 1. The second-order valence-electron chi connectivity index (χ2n) is 7.74. The van der Waals surface area contributed by atoms with Crippen LogP contribution in [0.15, 0.2) is 23.0 Å². The molecule has 1 heterocycles. The van der Waals surface area contributed by atoms with Gasteiger partial charge in [0.05, 0.1) is 17.9 Å². The number of nitrogens with zero attached hydrogens (tertiary/aromatic N) is 2. The predicted octanol–water partition coefficient (Wildman–Crippen LogP) is 3.81. The molecule has 0 aliphatic heterocycles. The summed E-state index contributed by atoms with van der Waals surface area (Å²) >= 11 is 0. The Morgan fingerprint density at radius 3 is 2.50 bits per heavy atom. The van der Waals surface area contributed by atoms with Gasteiger partial charge in [0.25, 0.3) is 11.5 Å². The van der Waals surface area contributed by atoms with Crippen LogP contribution in [-0.2, 0) is 12.8 Å². The summed E-state index contributed by atoms with van der Waals surface area (Å²) < 4.78 is 5.90. The molecule has 0 radical (unpaired) electrons. The molecule has 7 heteroatoms. The smallest absolute Gasteiger partial charge is 0.254 e. The lowest BCUT2D eigenvalue weighted by atomic mass is 10.1. The zero-order chi connectivity index (χ0) is 23.5. The third-order valence-corrected chi connectivity index (χ3v) is 5.58. The molecule has 2 rings (SSSR count). The number of carbonyl (C=O) groups excluding carboxylic acids is 1. The number of aromatic nitrogens is 2. The van der Waals surface area contributed by atoms with Crippen LogP contribution < -0.4 is 15.6 Å². The molecule has 0 saturated carbocycles. The number of hydrogen-bond donors (Lipinski definition) is 2. The van der Waals surface area contributed by atoms with E-state index in [1.165, 1.54) is 0 Å². The van der Waals surface area contributed by atoms with Crippen molar-refractivity contribution in [3.05, 3.63) is 45.4 Å². The average molecular weight is 443 g/mol. The first kappa shape index (κ1) is 25.6. The standard InChI is InChI=1S/C25H38N4O3/c1-6-16-32-22-13-12-18(24(30)26-14-11-15-29(9-4)10-5)17-20(22)23-27-21(8-3)19(7-2)25(31)28-23/h12-13,17H,6-11,14-16H2,1-5H3,(H,26,30)(H,27,28,31). The number of benzene rings is 1. The van der Waals surface area contributed by atoms with Gasteiger partial charge in [-0.2, -0.15) is 0 Å². The van der Waals surface area contributed by atoms with Gasteiger partial charge in [-0.25, -0.2) is 4.98 Å². The van der Waals surface area contributed by atoms with Crippen molar-refractivity contribution in [2.45, 2.75) is 60.3 Å². The minimum absolute atomic E-state index is 0.137. The highest BCUT2D eigenvalue weighted by Gasteiger charge is 2.16. The largest absolute Gasteiger partial charge is 0.493 e. The number of aryl methyl sites for hydroxylation is 1. The van der Waals surface area contributed by atoms with E-state index in [1.54, 1.807) is 18.2 Å². The van der Waals surface area contributed by atoms with Crippen molar-refractivity contribution in [2.75, 3.05) is 32.8 Å². The van der Waals surface area contributed by atoms with E-state index in [4.69, 9.17) is 9.72 Å². The lowest BCUT2D eigenvalue weighted by Crippen LogP contribution is -2.30. The van der Waals surface area contributed by atoms with E-state index < -0.39 is 0 Å². The molecule has 1 aromatic heterocycles. The highest BCUT2D eigenvalue weighted by molar-refractivity contribution is 5.95. The van der Waals surface area contributed by atoms with E-state index in [1.807, 2.05) is 20.8 Å². The third kappa shape index (κ3) is 6.66. The zero-order valence-electron chi connectivity index (χ0n) is 20.2. The van der Waals surface area contributed by atoms with Crippen LogP contribution in [0.25, 0.3) is 11.4 Å². The van der Waals surface area contributed by atoms with Gasteiger partial charge >= 0.3 is 0 Å². The van der Waals surface area contributed by atoms with Gasteiger partial charge in [0.15, 0.2) is 0 Å². The second kappa shape index (κ2) is 13.0. The van der Waals surface area contributed by atoms with Crippen molar-refractivity contribution < 1.29 is 9.53 Å². The molecule has 176 valence electrons. The molecule has 0 bridgehead atoms. The molecule has 0 fully saturated rings. The van der Waals surface area contributed by atoms with Crippen molar-refractivity contribution >= 4 is 5.91 Å². The Kier molecular flexibility index (Phi) is 10.4. The van der Waals surface area contributed by atoms with Crippen LogP contribution in [0.5, 0.6) is 5.75 Å². The first-order valence-corrected chi connectivity index (χ1v) is 11.9. The Balaban J connectivity index is 2.30. The first-order chi connectivity index (χ1) is 15.5. The third-order valence-electron chi connectivity index (χ3n) is 5.58. The molecule has 7 nitrogen and oxygen atoms in total. The lowest BCUT2D eigenvalue weighted by molar-refractivity contribution is 0.0952. The number of rotatable bonds is 13. The molecule has 0 aliphatic rings. The topological polar surface area (TPSA) is 87.3 Å². The molecule has 0 atom stereocenters. The van der Waals surface area contributed by atoms with Gasteiger partial charge in [0.2, 0.25) is 0 Å². The van der Waals surface area contributed by atoms with Gasteiger partial charge in [-0.1, -0.05) is 34.6 Å². The van der Waals surface area contributed by atoms with Crippen LogP contribution >= 0.6 is 0 Å². The van der Waals surface area contributed by atoms with Crippen molar-refractivity contribution in [1.29, 1.82) is 0 Å². The molecule has 0 saturated heterocycles. The van der Waals surface area contributed by atoms with E-state index in [0.29, 0.717) is 54.3 Å². The van der Waals surface area contributed by atoms with E-state index >= 15 is 0 Å². The maximum atomic E-state index is 12.8. The van der Waals surface area contributed by atoms with Gasteiger partial charge in [0, 0.05) is 17.7 Å². The van der Waals surface area contributed by atoms with Crippen molar-refractivity contribution in [3.8, 4) is 17.1 Å². The zero-order valence-corrected chi connectivity index (χ0v) is 20.2. The summed E-state index contributed by atoms with van der Waals surface area (Å²) in [5, 5.41) is 3.00. The number of aromatic amines is 1. The monoisotopic (exact) mass is 442 g/mol. The number of carbonyl (C=O) groups is 1. The van der Waals surface area contributed by atoms with Gasteiger partial charge in [-0.05, 0) is 63.5 Å². The summed E-state index contributed by atoms with van der Waals surface area (Å²) in [6.45, 7) is 14.4. The van der Waals surface area contributed by atoms with Crippen molar-refractivity contribution in [1.82, 2.24) is 20.2 Å². The molecule has 0 unspecified atom stereocenters. The first-order valence-electron chi connectivity index (χ1n) is 11.9. The van der Waals surface area contributed by atoms with Crippen molar-refractivity contribution in [3.63, 3.8) is 0 Å². The minimum atomic E-state index is -0.143. The quantitative estimate of drug-likeness (QED) is 0.461. The summed E-state index contributed by atoms with van der Waals surface area (Å²) in [5.41, 5.74) is 2.49. The fraction of sp³-hybridized carbons (Fsp3) is 0.560. The Morgan fingerprint density at radius 1 is 1.12 bits per heavy atom. The Hall–Kier alpha value is -2.67. The van der Waals surface area contributed by atoms with Gasteiger partial charge in [-0.15, -0.1) is 0 Å². The summed E-state index contributed by atoms with van der Waals surface area (Å²) in [7, 11) is 0. The van der Waals surface area contributed by atoms with E-state index in [0.717, 1.165) is 38.2 Å². The van der Waals surface area contributed by atoms with Gasteiger partial charge < -0.3 is 19.9 Å². The highest BCUT2D eigenvalue weighted by atomic mass is 16.5. The fourth-order valence-electron chi connectivity index (χ4n) is 3.67. The Labute approximate surface area is 191 Å². The van der Waals surface area contributed by atoms with Crippen LogP contribution in [0.4, 0.5) is 0 Å². The fourth-order valence-corrected chi connectivity index (χ4v) is 3.67. The number of amides is 1. The molecule has 2 N–H and O–H groups in total. The second-order valence-corrected chi connectivity index (χ2v) is 7.74. The lowest BCUT2D eigenvalue weighted by Gasteiger charge is -2.18. The summed E-state index contributed by atoms with van der Waals surface area (Å²) in [6.07, 6.45) is 3.04. The van der Waals surface area contributed by atoms with Crippen LogP contribution in [0.3, 0.4) is 0 Å². The number of hydrogen-bond acceptors (Lipinski definition) is 5. The maximum absolute atomic E-state index is 12.8. The SMILES string of the molecule is CCCOc1ccc(C(=O)NCCCN(CC)CC)cc1-c1nc(CC)c(CC)c(=O)[nH]1. The Morgan fingerprint density at radius 2 is 1.88 bits per heavy atom. The van der Waals surface area contributed by atoms with Gasteiger partial charge in [-0.3, -0.25) is 9.59 Å². The van der Waals surface area contributed by atoms with E-state index in [-0.39, 0.29) is 11.5 Å². The summed E-state index contributed by atoms with van der Waals surface area (Å²) in [4.78, 5) is 35.3.